The van der Waals surface area contributed by atoms with Crippen molar-refractivity contribution in [2.45, 2.75) is 25.7 Å². The Balaban J connectivity index is 1.55. The Labute approximate surface area is 125 Å². The largest absolute Gasteiger partial charge is 0.346 e. The van der Waals surface area contributed by atoms with Crippen LogP contribution in [0.25, 0.3) is 0 Å². The molecule has 0 saturated carbocycles. The van der Waals surface area contributed by atoms with Gasteiger partial charge in [0, 0.05) is 18.7 Å². The van der Waals surface area contributed by atoms with Gasteiger partial charge in [-0.3, -0.25) is 4.79 Å². The smallest absolute Gasteiger partial charge is 0.253 e. The van der Waals surface area contributed by atoms with Crippen LogP contribution in [-0.2, 0) is 0 Å². The monoisotopic (exact) mass is 291 g/mol. The molecular formula is C17H24FN2O+. The summed E-state index contributed by atoms with van der Waals surface area (Å²) >= 11 is 0. The number of benzene rings is 1. The molecule has 0 aliphatic carbocycles. The molecular weight excluding hydrogens is 267 g/mol. The summed E-state index contributed by atoms with van der Waals surface area (Å²) in [6.07, 6.45) is 4.91. The predicted molar refractivity (Wildman–Crippen MR) is 79.4 cm³/mol. The first-order valence-corrected chi connectivity index (χ1v) is 8.10. The fourth-order valence-electron chi connectivity index (χ4n) is 3.77. The molecule has 2 heterocycles. The van der Waals surface area contributed by atoms with Crippen molar-refractivity contribution in [2.24, 2.45) is 11.8 Å². The Morgan fingerprint density at radius 2 is 1.57 bits per heavy atom. The van der Waals surface area contributed by atoms with E-state index in [9.17, 15) is 9.18 Å². The maximum absolute atomic E-state index is 12.9. The SMILES string of the molecule is O=C(c1ccc(F)cc1)N1CCC(C2CC[NH2+]CC2)CC1. The van der Waals surface area contributed by atoms with Crippen LogP contribution in [0.1, 0.15) is 36.0 Å². The van der Waals surface area contributed by atoms with E-state index in [1.807, 2.05) is 4.90 Å². The summed E-state index contributed by atoms with van der Waals surface area (Å²) in [7, 11) is 0. The Kier molecular flexibility index (Phi) is 4.54. The third-order valence-corrected chi connectivity index (χ3v) is 5.07. The van der Waals surface area contributed by atoms with Crippen LogP contribution in [-0.4, -0.2) is 37.0 Å². The van der Waals surface area contributed by atoms with Gasteiger partial charge in [-0.2, -0.15) is 0 Å². The lowest BCUT2D eigenvalue weighted by Gasteiger charge is -2.37. The lowest BCUT2D eigenvalue weighted by molar-refractivity contribution is -0.665. The van der Waals surface area contributed by atoms with E-state index in [2.05, 4.69) is 5.32 Å². The van der Waals surface area contributed by atoms with Crippen molar-refractivity contribution in [3.05, 3.63) is 35.6 Å². The average molecular weight is 291 g/mol. The van der Waals surface area contributed by atoms with Crippen molar-refractivity contribution >= 4 is 5.91 Å². The van der Waals surface area contributed by atoms with Gasteiger partial charge in [0.25, 0.3) is 5.91 Å². The van der Waals surface area contributed by atoms with E-state index in [0.717, 1.165) is 37.8 Å². The number of hydrogen-bond acceptors (Lipinski definition) is 1. The number of amides is 1. The van der Waals surface area contributed by atoms with Crippen molar-refractivity contribution in [1.29, 1.82) is 0 Å². The van der Waals surface area contributed by atoms with E-state index >= 15 is 0 Å². The number of hydrogen-bond donors (Lipinski definition) is 1. The van der Waals surface area contributed by atoms with Gasteiger partial charge in [-0.05, 0) is 61.8 Å². The number of nitrogens with zero attached hydrogens (tertiary/aromatic N) is 1. The van der Waals surface area contributed by atoms with Crippen molar-refractivity contribution in [1.82, 2.24) is 4.90 Å². The molecule has 21 heavy (non-hydrogen) atoms. The molecule has 2 aliphatic heterocycles. The van der Waals surface area contributed by atoms with Crippen molar-refractivity contribution in [3.63, 3.8) is 0 Å². The number of rotatable bonds is 2. The Morgan fingerprint density at radius 3 is 2.19 bits per heavy atom. The van der Waals surface area contributed by atoms with Crippen LogP contribution >= 0.6 is 0 Å². The number of quaternary nitrogens is 1. The highest BCUT2D eigenvalue weighted by molar-refractivity contribution is 5.94. The van der Waals surface area contributed by atoms with Gasteiger partial charge in [-0.1, -0.05) is 0 Å². The predicted octanol–water partition coefficient (Wildman–Crippen LogP) is 1.65. The number of carbonyl (C=O) groups excluding carboxylic acids is 1. The van der Waals surface area contributed by atoms with Gasteiger partial charge in [0.1, 0.15) is 5.82 Å². The number of piperidine rings is 2. The first kappa shape index (κ1) is 14.5. The van der Waals surface area contributed by atoms with Crippen molar-refractivity contribution in [2.75, 3.05) is 26.2 Å². The van der Waals surface area contributed by atoms with Gasteiger partial charge in [0.2, 0.25) is 0 Å². The molecule has 2 saturated heterocycles. The molecule has 1 amide bonds. The van der Waals surface area contributed by atoms with E-state index in [1.165, 1.54) is 38.1 Å². The highest BCUT2D eigenvalue weighted by Crippen LogP contribution is 2.30. The van der Waals surface area contributed by atoms with Crippen LogP contribution in [0.2, 0.25) is 0 Å². The number of likely N-dealkylation sites (tertiary alicyclic amines) is 1. The molecule has 0 unspecified atom stereocenters. The third-order valence-electron chi connectivity index (χ3n) is 5.07. The van der Waals surface area contributed by atoms with Crippen LogP contribution in [0, 0.1) is 17.7 Å². The zero-order valence-corrected chi connectivity index (χ0v) is 12.4. The minimum absolute atomic E-state index is 0.0467. The van der Waals surface area contributed by atoms with Crippen LogP contribution in [0.5, 0.6) is 0 Å². The summed E-state index contributed by atoms with van der Waals surface area (Å²) in [6.45, 7) is 4.22. The average Bonchev–Trinajstić information content (AvgIpc) is 2.56. The molecule has 2 fully saturated rings. The fourth-order valence-corrected chi connectivity index (χ4v) is 3.77. The molecule has 1 aromatic carbocycles. The molecule has 0 bridgehead atoms. The van der Waals surface area contributed by atoms with Crippen molar-refractivity contribution < 1.29 is 14.5 Å². The molecule has 1 aromatic rings. The van der Waals surface area contributed by atoms with Crippen LogP contribution in [0.4, 0.5) is 4.39 Å². The molecule has 0 aromatic heterocycles. The molecule has 3 rings (SSSR count). The Bertz CT molecular complexity index is 474. The summed E-state index contributed by atoms with van der Waals surface area (Å²) < 4.78 is 12.9. The van der Waals surface area contributed by atoms with E-state index in [-0.39, 0.29) is 11.7 Å². The highest BCUT2D eigenvalue weighted by atomic mass is 19.1. The van der Waals surface area contributed by atoms with E-state index in [0.29, 0.717) is 5.56 Å². The lowest BCUT2D eigenvalue weighted by atomic mass is 9.79. The second-order valence-corrected chi connectivity index (χ2v) is 6.34. The van der Waals surface area contributed by atoms with E-state index in [4.69, 9.17) is 0 Å². The summed E-state index contributed by atoms with van der Waals surface area (Å²) in [6, 6.07) is 5.89. The van der Waals surface area contributed by atoms with Crippen LogP contribution in [0.15, 0.2) is 24.3 Å². The second kappa shape index (κ2) is 6.56. The Morgan fingerprint density at radius 1 is 1.00 bits per heavy atom. The minimum atomic E-state index is -0.292. The summed E-state index contributed by atoms with van der Waals surface area (Å²) in [5.41, 5.74) is 0.599. The Hall–Kier alpha value is -1.42. The first-order valence-electron chi connectivity index (χ1n) is 8.10. The molecule has 0 radical (unpaired) electrons. The van der Waals surface area contributed by atoms with Crippen molar-refractivity contribution in [3.8, 4) is 0 Å². The molecule has 2 N–H and O–H groups in total. The molecule has 0 atom stereocenters. The number of carbonyl (C=O) groups is 1. The van der Waals surface area contributed by atoms with Gasteiger partial charge in [0.15, 0.2) is 0 Å². The number of halogens is 1. The molecule has 2 aliphatic rings. The second-order valence-electron chi connectivity index (χ2n) is 6.34. The fraction of sp³-hybridized carbons (Fsp3) is 0.588. The molecule has 4 heteroatoms. The maximum Gasteiger partial charge on any atom is 0.253 e. The topological polar surface area (TPSA) is 36.9 Å². The standard InChI is InChI=1S/C17H23FN2O/c18-16-3-1-15(2-4-16)17(21)20-11-7-14(8-12-20)13-5-9-19-10-6-13/h1-4,13-14,19H,5-12H2/p+1. The van der Waals surface area contributed by atoms with Gasteiger partial charge in [-0.15, -0.1) is 0 Å². The van der Waals surface area contributed by atoms with Gasteiger partial charge in [0.05, 0.1) is 13.1 Å². The highest BCUT2D eigenvalue weighted by Gasteiger charge is 2.30. The van der Waals surface area contributed by atoms with Crippen LogP contribution < -0.4 is 5.32 Å². The maximum atomic E-state index is 12.9. The lowest BCUT2D eigenvalue weighted by Crippen LogP contribution is -2.86. The molecule has 0 spiro atoms. The summed E-state index contributed by atoms with van der Waals surface area (Å²) in [5.74, 6) is 1.40. The third kappa shape index (κ3) is 3.43. The van der Waals surface area contributed by atoms with Gasteiger partial charge >= 0.3 is 0 Å². The first-order chi connectivity index (χ1) is 10.2. The normalized spacial score (nSPS) is 21.5. The minimum Gasteiger partial charge on any atom is -0.346 e. The summed E-state index contributed by atoms with van der Waals surface area (Å²) in [4.78, 5) is 14.3. The number of nitrogens with two attached hydrogens (primary N) is 1. The molecule has 114 valence electrons. The van der Waals surface area contributed by atoms with E-state index < -0.39 is 0 Å². The zero-order valence-electron chi connectivity index (χ0n) is 12.4. The van der Waals surface area contributed by atoms with Crippen LogP contribution in [0.3, 0.4) is 0 Å². The van der Waals surface area contributed by atoms with E-state index in [1.54, 1.807) is 12.1 Å². The zero-order chi connectivity index (χ0) is 14.7. The van der Waals surface area contributed by atoms with Gasteiger partial charge < -0.3 is 10.2 Å². The molecule has 3 nitrogen and oxygen atoms in total. The quantitative estimate of drug-likeness (QED) is 0.884. The van der Waals surface area contributed by atoms with Gasteiger partial charge in [-0.25, -0.2) is 4.39 Å². The summed E-state index contributed by atoms with van der Waals surface area (Å²) in [5, 5.41) is 2.41.